The summed E-state index contributed by atoms with van der Waals surface area (Å²) in [5.74, 6) is -0.600. The first kappa shape index (κ1) is 26.1. The zero-order chi connectivity index (χ0) is 27.8. The zero-order valence-corrected chi connectivity index (χ0v) is 22.5. The number of halogens is 1. The number of H-pyrrole nitrogens is 1. The number of rotatable bonds is 7. The van der Waals surface area contributed by atoms with E-state index in [1.54, 1.807) is 36.4 Å². The van der Waals surface area contributed by atoms with E-state index in [4.69, 9.17) is 25.8 Å². The molecule has 0 spiro atoms. The second-order valence-corrected chi connectivity index (χ2v) is 9.35. The number of aliphatic hydroxyl groups is 1. The first-order valence-corrected chi connectivity index (χ1v) is 12.6. The molecule has 1 unspecified atom stereocenters. The number of aromatic nitrogens is 2. The Morgan fingerprint density at radius 3 is 2.51 bits per heavy atom. The number of aliphatic hydroxyl groups excluding tert-OH is 1. The highest BCUT2D eigenvalue weighted by Gasteiger charge is 2.48. The summed E-state index contributed by atoms with van der Waals surface area (Å²) in [6, 6.07) is 14.5. The molecule has 1 aliphatic rings. The van der Waals surface area contributed by atoms with E-state index >= 15 is 0 Å². The number of anilines is 1. The molecule has 1 aromatic heterocycles. The van der Waals surface area contributed by atoms with E-state index in [9.17, 15) is 14.7 Å². The van der Waals surface area contributed by atoms with Gasteiger partial charge in [-0.2, -0.15) is 0 Å². The summed E-state index contributed by atoms with van der Waals surface area (Å²) in [5.41, 5.74) is 2.66. The molecule has 9 nitrogen and oxygen atoms in total. The van der Waals surface area contributed by atoms with Gasteiger partial charge in [0.15, 0.2) is 11.5 Å². The maximum absolute atomic E-state index is 13.6. The van der Waals surface area contributed by atoms with Crippen LogP contribution in [0.3, 0.4) is 0 Å². The van der Waals surface area contributed by atoms with Crippen molar-refractivity contribution in [2.75, 3.05) is 25.7 Å². The second-order valence-electron chi connectivity index (χ2n) is 8.94. The topological polar surface area (TPSA) is 114 Å². The molecule has 4 aromatic rings. The van der Waals surface area contributed by atoms with Crippen LogP contribution in [0.25, 0.3) is 16.8 Å². The molecular weight excluding hydrogens is 522 g/mol. The number of nitrogens with zero attached hydrogens (tertiary/aromatic N) is 2. The number of ether oxygens (including phenoxy) is 3. The average Bonchev–Trinajstić information content (AvgIpc) is 3.45. The van der Waals surface area contributed by atoms with Crippen LogP contribution < -0.4 is 19.1 Å². The molecule has 1 atom stereocenters. The lowest BCUT2D eigenvalue weighted by Crippen LogP contribution is -2.30. The molecular formula is C29H26ClN3O6. The van der Waals surface area contributed by atoms with Crippen molar-refractivity contribution in [3.8, 4) is 17.2 Å². The third kappa shape index (κ3) is 4.55. The monoisotopic (exact) mass is 547 g/mol. The van der Waals surface area contributed by atoms with Gasteiger partial charge in [-0.1, -0.05) is 41.4 Å². The molecule has 1 fully saturated rings. The molecule has 3 aromatic carbocycles. The Bertz CT molecular complexity index is 1600. The van der Waals surface area contributed by atoms with Crippen molar-refractivity contribution >= 4 is 46.0 Å². The van der Waals surface area contributed by atoms with Gasteiger partial charge >= 0.3 is 5.91 Å². The van der Waals surface area contributed by atoms with Crippen molar-refractivity contribution < 1.29 is 28.9 Å². The lowest BCUT2D eigenvalue weighted by molar-refractivity contribution is -0.132. The van der Waals surface area contributed by atoms with Gasteiger partial charge < -0.3 is 24.3 Å². The van der Waals surface area contributed by atoms with Gasteiger partial charge in [0.1, 0.15) is 11.5 Å². The quantitative estimate of drug-likeness (QED) is 0.177. The van der Waals surface area contributed by atoms with Crippen LogP contribution in [0.1, 0.15) is 29.7 Å². The normalized spacial score (nSPS) is 16.6. The molecule has 0 bridgehead atoms. The number of benzene rings is 3. The van der Waals surface area contributed by atoms with Gasteiger partial charge in [0, 0.05) is 17.7 Å². The molecule has 0 saturated carbocycles. The van der Waals surface area contributed by atoms with E-state index in [2.05, 4.69) is 9.97 Å². The zero-order valence-electron chi connectivity index (χ0n) is 21.7. The predicted octanol–water partition coefficient (Wildman–Crippen LogP) is 5.57. The summed E-state index contributed by atoms with van der Waals surface area (Å²) < 4.78 is 16.3. The van der Waals surface area contributed by atoms with Crippen LogP contribution in [0.15, 0.2) is 60.2 Å². The SMILES string of the molecule is CCOc1ccc(Cl)c(/C(O)=C2\C(=O)C(=O)N(c3nc4cc(OC)c(OC)cc4[nH]3)C2c2cccc(C)c2)c1. The summed E-state index contributed by atoms with van der Waals surface area (Å²) in [5, 5.41) is 11.7. The predicted molar refractivity (Wildman–Crippen MR) is 148 cm³/mol. The molecule has 2 N–H and O–H groups in total. The van der Waals surface area contributed by atoms with Crippen LogP contribution in [-0.2, 0) is 9.59 Å². The number of aromatic amines is 1. The van der Waals surface area contributed by atoms with Gasteiger partial charge in [0.05, 0.1) is 48.5 Å². The van der Waals surface area contributed by atoms with E-state index in [1.165, 1.54) is 19.1 Å². The summed E-state index contributed by atoms with van der Waals surface area (Å²) in [4.78, 5) is 36.1. The van der Waals surface area contributed by atoms with Crippen molar-refractivity contribution in [3.05, 3.63) is 81.9 Å². The number of nitrogens with one attached hydrogen (secondary N) is 1. The van der Waals surface area contributed by atoms with Crippen LogP contribution in [0, 0.1) is 6.92 Å². The number of ketones is 1. The summed E-state index contributed by atoms with van der Waals surface area (Å²) >= 11 is 6.43. The molecule has 5 rings (SSSR count). The standard InChI is InChI=1S/C29H26ClN3O6/c1-5-39-17-9-10-19(30)18(12-17)26(34)24-25(16-8-6-7-15(2)11-16)33(28(36)27(24)35)29-31-20-13-22(37-3)23(38-4)14-21(20)32-29/h6-14,25,34H,5H2,1-4H3,(H,31,32)/b26-24+. The Labute approximate surface area is 229 Å². The number of carbonyl (C=O) groups is 2. The van der Waals surface area contributed by atoms with Crippen LogP contribution in [0.5, 0.6) is 17.2 Å². The molecule has 39 heavy (non-hydrogen) atoms. The Hall–Kier alpha value is -4.50. The van der Waals surface area contributed by atoms with Crippen molar-refractivity contribution in [1.82, 2.24) is 9.97 Å². The molecule has 0 radical (unpaired) electrons. The molecule has 1 amide bonds. The van der Waals surface area contributed by atoms with E-state index in [0.717, 1.165) is 5.56 Å². The minimum absolute atomic E-state index is 0.114. The van der Waals surface area contributed by atoms with Gasteiger partial charge in [-0.3, -0.25) is 14.5 Å². The van der Waals surface area contributed by atoms with E-state index in [0.29, 0.717) is 40.5 Å². The number of amides is 1. The summed E-state index contributed by atoms with van der Waals surface area (Å²) in [6.07, 6.45) is 0. The number of methoxy groups -OCH3 is 2. The van der Waals surface area contributed by atoms with Crippen molar-refractivity contribution in [1.29, 1.82) is 0 Å². The minimum Gasteiger partial charge on any atom is -0.507 e. The van der Waals surface area contributed by atoms with Crippen molar-refractivity contribution in [2.24, 2.45) is 0 Å². The lowest BCUT2D eigenvalue weighted by Gasteiger charge is -2.23. The Morgan fingerprint density at radius 1 is 1.08 bits per heavy atom. The Balaban J connectivity index is 1.73. The van der Waals surface area contributed by atoms with Gasteiger partial charge in [-0.15, -0.1) is 0 Å². The number of carbonyl (C=O) groups excluding carboxylic acids is 2. The fourth-order valence-corrected chi connectivity index (χ4v) is 4.94. The highest BCUT2D eigenvalue weighted by atomic mass is 35.5. The maximum Gasteiger partial charge on any atom is 0.302 e. The lowest BCUT2D eigenvalue weighted by atomic mass is 9.94. The van der Waals surface area contributed by atoms with Gasteiger partial charge in [-0.25, -0.2) is 4.98 Å². The fraction of sp³-hybridized carbons (Fsp3) is 0.207. The van der Waals surface area contributed by atoms with Crippen molar-refractivity contribution in [3.63, 3.8) is 0 Å². The van der Waals surface area contributed by atoms with Crippen LogP contribution >= 0.6 is 11.6 Å². The molecule has 1 saturated heterocycles. The highest BCUT2D eigenvalue weighted by molar-refractivity contribution is 6.51. The molecule has 10 heteroatoms. The second kappa shape index (κ2) is 10.3. The molecule has 200 valence electrons. The van der Waals surface area contributed by atoms with Gasteiger partial charge in [0.2, 0.25) is 5.95 Å². The number of imidazole rings is 1. The number of hydrogen-bond acceptors (Lipinski definition) is 7. The summed E-state index contributed by atoms with van der Waals surface area (Å²) in [7, 11) is 3.03. The van der Waals surface area contributed by atoms with Crippen molar-refractivity contribution in [2.45, 2.75) is 19.9 Å². The number of Topliss-reactive ketones (excluding diaryl/α,β-unsaturated/α-hetero) is 1. The van der Waals surface area contributed by atoms with Gasteiger partial charge in [0.25, 0.3) is 5.78 Å². The molecule has 1 aliphatic heterocycles. The first-order chi connectivity index (χ1) is 18.8. The number of fused-ring (bicyclic) bond motifs is 1. The fourth-order valence-electron chi connectivity index (χ4n) is 4.73. The average molecular weight is 548 g/mol. The first-order valence-electron chi connectivity index (χ1n) is 12.2. The maximum atomic E-state index is 13.6. The number of hydrogen-bond donors (Lipinski definition) is 2. The highest BCUT2D eigenvalue weighted by Crippen LogP contribution is 2.43. The third-order valence-corrected chi connectivity index (χ3v) is 6.84. The minimum atomic E-state index is -0.985. The smallest absolute Gasteiger partial charge is 0.302 e. The largest absolute Gasteiger partial charge is 0.507 e. The van der Waals surface area contributed by atoms with Crippen LogP contribution in [-0.4, -0.2) is 47.6 Å². The molecule has 2 heterocycles. The summed E-state index contributed by atoms with van der Waals surface area (Å²) in [6.45, 7) is 4.13. The third-order valence-electron chi connectivity index (χ3n) is 6.51. The van der Waals surface area contributed by atoms with Gasteiger partial charge in [-0.05, 0) is 37.6 Å². The van der Waals surface area contributed by atoms with E-state index < -0.39 is 23.5 Å². The number of aryl methyl sites for hydroxylation is 1. The Kier molecular flexibility index (Phi) is 6.93. The van der Waals surface area contributed by atoms with E-state index in [1.807, 2.05) is 32.0 Å². The Morgan fingerprint density at radius 2 is 1.82 bits per heavy atom. The molecule has 0 aliphatic carbocycles. The van der Waals surface area contributed by atoms with E-state index in [-0.39, 0.29) is 22.1 Å². The van der Waals surface area contributed by atoms with Crippen LogP contribution in [0.4, 0.5) is 5.95 Å². The van der Waals surface area contributed by atoms with Crippen LogP contribution in [0.2, 0.25) is 5.02 Å².